The van der Waals surface area contributed by atoms with E-state index < -0.39 is 21.8 Å². The molecule has 8 nitrogen and oxygen atoms in total. The van der Waals surface area contributed by atoms with E-state index in [1.807, 2.05) is 24.3 Å². The summed E-state index contributed by atoms with van der Waals surface area (Å²) < 4.78 is 22.4. The maximum absolute atomic E-state index is 11.8. The molecule has 2 amide bonds. The van der Waals surface area contributed by atoms with Gasteiger partial charge in [0, 0.05) is 19.6 Å². The quantitative estimate of drug-likeness (QED) is 0.513. The summed E-state index contributed by atoms with van der Waals surface area (Å²) in [5.41, 5.74) is 7.97. The highest BCUT2D eigenvalue weighted by Crippen LogP contribution is 2.08. The van der Waals surface area contributed by atoms with Crippen LogP contribution in [-0.2, 0) is 39.2 Å². The molecule has 2 aromatic carbocycles. The Balaban J connectivity index is 1.84. The molecule has 0 aliphatic rings. The summed E-state index contributed by atoms with van der Waals surface area (Å²) in [5.74, 6) is -1.54. The highest BCUT2D eigenvalue weighted by atomic mass is 32.2. The zero-order chi connectivity index (χ0) is 19.2. The lowest BCUT2D eigenvalue weighted by Gasteiger charge is -2.08. The average molecular weight is 376 g/mol. The summed E-state index contributed by atoms with van der Waals surface area (Å²) in [5, 5.41) is 10.0. The van der Waals surface area contributed by atoms with E-state index in [0.717, 1.165) is 11.1 Å². The molecule has 0 unspecified atom stereocenters. The molecule has 0 aromatic heterocycles. The number of nitrogens with two attached hydrogens (primary N) is 2. The van der Waals surface area contributed by atoms with Gasteiger partial charge < -0.3 is 16.4 Å². The minimum atomic E-state index is -3.76. The predicted molar refractivity (Wildman–Crippen MR) is 95.8 cm³/mol. The van der Waals surface area contributed by atoms with Crippen LogP contribution in [0.2, 0.25) is 0 Å². The molecule has 2 aromatic rings. The van der Waals surface area contributed by atoms with Gasteiger partial charge in [-0.25, -0.2) is 13.6 Å². The molecular formula is C17H20N4O4S. The van der Waals surface area contributed by atoms with Crippen molar-refractivity contribution in [2.45, 2.75) is 24.5 Å². The Morgan fingerprint density at radius 1 is 0.846 bits per heavy atom. The van der Waals surface area contributed by atoms with Gasteiger partial charge in [-0.2, -0.15) is 0 Å². The fraction of sp³-hybridized carbons (Fsp3) is 0.176. The standard InChI is InChI=1S/C17H20N4O4S/c18-9-13-2-1-3-14(8-13)11-21-17(23)16(22)20-10-12-4-6-15(7-5-12)26(19,24)25/h1-8H,9-11,18H2,(H,20,22)(H,21,23)(H2,19,24,25). The summed E-state index contributed by atoms with van der Waals surface area (Å²) >= 11 is 0. The Kier molecular flexibility index (Phi) is 6.45. The third kappa shape index (κ3) is 5.66. The Morgan fingerprint density at radius 3 is 1.92 bits per heavy atom. The van der Waals surface area contributed by atoms with Crippen molar-refractivity contribution in [1.82, 2.24) is 10.6 Å². The van der Waals surface area contributed by atoms with E-state index in [4.69, 9.17) is 10.9 Å². The van der Waals surface area contributed by atoms with Crippen LogP contribution in [0.4, 0.5) is 0 Å². The lowest BCUT2D eigenvalue weighted by atomic mass is 10.1. The zero-order valence-electron chi connectivity index (χ0n) is 13.9. The number of nitrogens with one attached hydrogen (secondary N) is 2. The van der Waals surface area contributed by atoms with E-state index in [1.54, 1.807) is 0 Å². The van der Waals surface area contributed by atoms with Crippen LogP contribution in [-0.4, -0.2) is 20.2 Å². The molecule has 0 bridgehead atoms. The van der Waals surface area contributed by atoms with Crippen molar-refractivity contribution >= 4 is 21.8 Å². The van der Waals surface area contributed by atoms with Crippen LogP contribution in [0, 0.1) is 0 Å². The van der Waals surface area contributed by atoms with Crippen LogP contribution < -0.4 is 21.5 Å². The smallest absolute Gasteiger partial charge is 0.309 e. The van der Waals surface area contributed by atoms with Crippen LogP contribution in [0.3, 0.4) is 0 Å². The van der Waals surface area contributed by atoms with Crippen molar-refractivity contribution in [3.8, 4) is 0 Å². The predicted octanol–water partition coefficient (Wildman–Crippen LogP) is -0.275. The molecule has 0 aliphatic carbocycles. The Bertz CT molecular complexity index is 895. The number of rotatable bonds is 6. The molecule has 0 saturated carbocycles. The van der Waals surface area contributed by atoms with Crippen LogP contribution in [0.25, 0.3) is 0 Å². The Hall–Kier alpha value is -2.75. The van der Waals surface area contributed by atoms with Gasteiger partial charge in [0.1, 0.15) is 0 Å². The van der Waals surface area contributed by atoms with E-state index in [-0.39, 0.29) is 18.0 Å². The topological polar surface area (TPSA) is 144 Å². The molecule has 26 heavy (non-hydrogen) atoms. The number of benzene rings is 2. The summed E-state index contributed by atoms with van der Waals surface area (Å²) in [6, 6.07) is 13.1. The van der Waals surface area contributed by atoms with Crippen molar-refractivity contribution in [3.05, 3.63) is 65.2 Å². The fourth-order valence-corrected chi connectivity index (χ4v) is 2.70. The van der Waals surface area contributed by atoms with Gasteiger partial charge in [0.15, 0.2) is 0 Å². The summed E-state index contributed by atoms with van der Waals surface area (Å²) in [6.45, 7) is 0.690. The number of carbonyl (C=O) groups is 2. The molecule has 6 N–H and O–H groups in total. The Labute approximate surface area is 151 Å². The lowest BCUT2D eigenvalue weighted by molar-refractivity contribution is -0.139. The third-order valence-corrected chi connectivity index (χ3v) is 4.52. The molecule has 9 heteroatoms. The molecule has 138 valence electrons. The van der Waals surface area contributed by atoms with Crippen LogP contribution in [0.5, 0.6) is 0 Å². The molecular weight excluding hydrogens is 356 g/mol. The summed E-state index contributed by atoms with van der Waals surface area (Å²) in [7, 11) is -3.76. The van der Waals surface area contributed by atoms with Crippen molar-refractivity contribution in [3.63, 3.8) is 0 Å². The molecule has 0 saturated heterocycles. The number of primary sulfonamides is 1. The van der Waals surface area contributed by atoms with Gasteiger partial charge in [-0.15, -0.1) is 0 Å². The van der Waals surface area contributed by atoms with Crippen molar-refractivity contribution < 1.29 is 18.0 Å². The molecule has 0 aliphatic heterocycles. The van der Waals surface area contributed by atoms with Gasteiger partial charge in [0.25, 0.3) is 0 Å². The number of carbonyl (C=O) groups excluding carboxylic acids is 2. The number of hydrogen-bond acceptors (Lipinski definition) is 5. The second kappa shape index (κ2) is 8.56. The fourth-order valence-electron chi connectivity index (χ4n) is 2.19. The lowest BCUT2D eigenvalue weighted by Crippen LogP contribution is -2.39. The van der Waals surface area contributed by atoms with Gasteiger partial charge in [-0.05, 0) is 28.8 Å². The first-order valence-corrected chi connectivity index (χ1v) is 9.30. The second-order valence-electron chi connectivity index (χ2n) is 5.58. The van der Waals surface area contributed by atoms with Crippen LogP contribution >= 0.6 is 0 Å². The second-order valence-corrected chi connectivity index (χ2v) is 7.14. The van der Waals surface area contributed by atoms with Crippen molar-refractivity contribution in [1.29, 1.82) is 0 Å². The first-order chi connectivity index (χ1) is 12.3. The zero-order valence-corrected chi connectivity index (χ0v) is 14.8. The minimum Gasteiger partial charge on any atom is -0.344 e. The monoisotopic (exact) mass is 376 g/mol. The van der Waals surface area contributed by atoms with E-state index >= 15 is 0 Å². The van der Waals surface area contributed by atoms with Crippen molar-refractivity contribution in [2.75, 3.05) is 0 Å². The molecule has 0 atom stereocenters. The molecule has 0 heterocycles. The summed E-state index contributed by atoms with van der Waals surface area (Å²) in [6.07, 6.45) is 0. The SMILES string of the molecule is NCc1cccc(CNC(=O)C(=O)NCc2ccc(S(N)(=O)=O)cc2)c1. The molecule has 2 rings (SSSR count). The number of hydrogen-bond donors (Lipinski definition) is 4. The van der Waals surface area contributed by atoms with E-state index in [0.29, 0.717) is 12.1 Å². The maximum Gasteiger partial charge on any atom is 0.309 e. The van der Waals surface area contributed by atoms with Gasteiger partial charge in [-0.1, -0.05) is 36.4 Å². The van der Waals surface area contributed by atoms with Gasteiger partial charge in [-0.3, -0.25) is 9.59 Å². The summed E-state index contributed by atoms with van der Waals surface area (Å²) in [4.78, 5) is 23.6. The van der Waals surface area contributed by atoms with E-state index in [1.165, 1.54) is 24.3 Å². The van der Waals surface area contributed by atoms with Crippen LogP contribution in [0.15, 0.2) is 53.4 Å². The number of sulfonamides is 1. The van der Waals surface area contributed by atoms with Crippen LogP contribution in [0.1, 0.15) is 16.7 Å². The van der Waals surface area contributed by atoms with E-state index in [9.17, 15) is 18.0 Å². The normalized spacial score (nSPS) is 11.0. The molecule has 0 spiro atoms. The Morgan fingerprint density at radius 2 is 1.38 bits per heavy atom. The molecule has 0 fully saturated rings. The highest BCUT2D eigenvalue weighted by molar-refractivity contribution is 7.89. The average Bonchev–Trinajstić information content (AvgIpc) is 2.63. The molecule has 0 radical (unpaired) electrons. The van der Waals surface area contributed by atoms with Gasteiger partial charge in [0.05, 0.1) is 4.90 Å². The number of amides is 2. The van der Waals surface area contributed by atoms with Crippen molar-refractivity contribution in [2.24, 2.45) is 10.9 Å². The minimum absolute atomic E-state index is 0.0231. The van der Waals surface area contributed by atoms with E-state index in [2.05, 4.69) is 10.6 Å². The van der Waals surface area contributed by atoms with Gasteiger partial charge in [0.2, 0.25) is 10.0 Å². The first-order valence-electron chi connectivity index (χ1n) is 7.75. The first kappa shape index (κ1) is 19.6. The largest absolute Gasteiger partial charge is 0.344 e. The highest BCUT2D eigenvalue weighted by Gasteiger charge is 2.13. The van der Waals surface area contributed by atoms with Gasteiger partial charge >= 0.3 is 11.8 Å². The third-order valence-electron chi connectivity index (χ3n) is 3.59. The maximum atomic E-state index is 11.8.